The molecule has 1 fully saturated rings. The van der Waals surface area contributed by atoms with E-state index in [0.717, 1.165) is 6.42 Å². The third-order valence-electron chi connectivity index (χ3n) is 5.01. The molecule has 0 radical (unpaired) electrons. The zero-order chi connectivity index (χ0) is 21.0. The van der Waals surface area contributed by atoms with E-state index in [9.17, 15) is 18.0 Å². The van der Waals surface area contributed by atoms with E-state index in [4.69, 9.17) is 0 Å². The molecule has 0 atom stereocenters. The topological polar surface area (TPSA) is 102 Å². The number of nitrogens with zero attached hydrogens (tertiary/aromatic N) is 4. The minimum absolute atomic E-state index is 0.00507. The lowest BCUT2D eigenvalue weighted by atomic mass is 10.2. The first-order chi connectivity index (χ1) is 13.8. The Morgan fingerprint density at radius 2 is 1.86 bits per heavy atom. The molecular formula is C19H27N5O4S. The second kappa shape index (κ2) is 8.91. The number of nitrogens with one attached hydrogen (secondary N) is 1. The minimum Gasteiger partial charge on any atom is -0.355 e. The fourth-order valence-electron chi connectivity index (χ4n) is 3.42. The standard InChI is InChI=1S/C19H27N5O4S/c1-3-8-20-17(25)13-23-9-11-24(12-10-23)18(26)14-22(2)19-15-6-4-5-7-16(15)29(27,28)21-19/h4-7H,3,8-14H2,1-2H3,(H,20,25). The van der Waals surface area contributed by atoms with Gasteiger partial charge in [0.15, 0.2) is 5.84 Å². The number of carbonyl (C=O) groups excluding carboxylic acids is 2. The van der Waals surface area contributed by atoms with Crippen molar-refractivity contribution >= 4 is 27.7 Å². The molecule has 9 nitrogen and oxygen atoms in total. The Hall–Kier alpha value is -2.46. The summed E-state index contributed by atoms with van der Waals surface area (Å²) in [5.41, 5.74) is 0.519. The summed E-state index contributed by atoms with van der Waals surface area (Å²) in [6.45, 7) is 5.40. The number of likely N-dealkylation sites (N-methyl/N-ethyl adjacent to an activating group) is 1. The van der Waals surface area contributed by atoms with Gasteiger partial charge in [0.25, 0.3) is 10.0 Å². The number of carbonyl (C=O) groups is 2. The van der Waals surface area contributed by atoms with Gasteiger partial charge in [-0.1, -0.05) is 19.1 Å². The number of rotatable bonds is 6. The van der Waals surface area contributed by atoms with Crippen molar-refractivity contribution in [2.75, 3.05) is 52.9 Å². The predicted octanol–water partition coefficient (Wildman–Crippen LogP) is -0.262. The van der Waals surface area contributed by atoms with Crippen molar-refractivity contribution < 1.29 is 18.0 Å². The van der Waals surface area contributed by atoms with Crippen LogP contribution in [-0.4, -0.2) is 93.6 Å². The van der Waals surface area contributed by atoms with Gasteiger partial charge < -0.3 is 15.1 Å². The van der Waals surface area contributed by atoms with Crippen molar-refractivity contribution in [3.05, 3.63) is 29.8 Å². The lowest BCUT2D eigenvalue weighted by Crippen LogP contribution is -2.53. The Morgan fingerprint density at radius 3 is 2.55 bits per heavy atom. The number of fused-ring (bicyclic) bond motifs is 1. The monoisotopic (exact) mass is 421 g/mol. The largest absolute Gasteiger partial charge is 0.355 e. The molecule has 158 valence electrons. The zero-order valence-electron chi connectivity index (χ0n) is 16.8. The van der Waals surface area contributed by atoms with E-state index >= 15 is 0 Å². The summed E-state index contributed by atoms with van der Waals surface area (Å²) in [5, 5.41) is 2.86. The van der Waals surface area contributed by atoms with Gasteiger partial charge in [-0.2, -0.15) is 8.42 Å². The summed E-state index contributed by atoms with van der Waals surface area (Å²) >= 11 is 0. The van der Waals surface area contributed by atoms with Crippen LogP contribution in [0.25, 0.3) is 0 Å². The van der Waals surface area contributed by atoms with Gasteiger partial charge in [0.2, 0.25) is 11.8 Å². The second-order valence-electron chi connectivity index (χ2n) is 7.25. The van der Waals surface area contributed by atoms with E-state index in [1.165, 1.54) is 6.07 Å². The molecule has 2 heterocycles. The highest BCUT2D eigenvalue weighted by Gasteiger charge is 2.32. The van der Waals surface area contributed by atoms with Gasteiger partial charge in [-0.25, -0.2) is 0 Å². The average Bonchev–Trinajstić information content (AvgIpc) is 2.98. The fourth-order valence-corrected chi connectivity index (χ4v) is 4.67. The third-order valence-corrected chi connectivity index (χ3v) is 6.34. The van der Waals surface area contributed by atoms with Crippen LogP contribution in [0.15, 0.2) is 33.6 Å². The lowest BCUT2D eigenvalue weighted by molar-refractivity contribution is -0.133. The predicted molar refractivity (Wildman–Crippen MR) is 109 cm³/mol. The molecule has 3 rings (SSSR count). The number of benzene rings is 1. The summed E-state index contributed by atoms with van der Waals surface area (Å²) in [4.78, 5) is 30.0. The van der Waals surface area contributed by atoms with Crippen LogP contribution in [0.3, 0.4) is 0 Å². The smallest absolute Gasteiger partial charge is 0.285 e. The Morgan fingerprint density at radius 1 is 1.17 bits per heavy atom. The van der Waals surface area contributed by atoms with Gasteiger partial charge in [-0.3, -0.25) is 14.5 Å². The SMILES string of the molecule is CCCNC(=O)CN1CCN(C(=O)CN(C)C2=NS(=O)(=O)c3ccccc32)CC1. The molecule has 0 saturated carbocycles. The van der Waals surface area contributed by atoms with Gasteiger partial charge in [-0.15, -0.1) is 4.40 Å². The van der Waals surface area contributed by atoms with Gasteiger partial charge in [0.1, 0.15) is 4.90 Å². The summed E-state index contributed by atoms with van der Waals surface area (Å²) < 4.78 is 28.2. The van der Waals surface area contributed by atoms with E-state index in [1.54, 1.807) is 35.0 Å². The number of hydrogen-bond donors (Lipinski definition) is 1. The van der Waals surface area contributed by atoms with Crippen molar-refractivity contribution in [3.8, 4) is 0 Å². The molecule has 1 saturated heterocycles. The number of hydrogen-bond acceptors (Lipinski definition) is 6. The molecule has 0 aromatic heterocycles. The molecule has 1 aromatic rings. The number of amidine groups is 1. The van der Waals surface area contributed by atoms with Gasteiger partial charge in [-0.05, 0) is 18.6 Å². The Balaban J connectivity index is 1.54. The van der Waals surface area contributed by atoms with Gasteiger partial charge in [0.05, 0.1) is 13.1 Å². The van der Waals surface area contributed by atoms with Crippen LogP contribution in [0, 0.1) is 0 Å². The summed E-state index contributed by atoms with van der Waals surface area (Å²) in [5.74, 6) is 0.206. The lowest BCUT2D eigenvalue weighted by Gasteiger charge is -2.35. The normalized spacial score (nSPS) is 18.1. The number of piperazine rings is 1. The molecule has 2 aliphatic heterocycles. The maximum absolute atomic E-state index is 12.7. The van der Waals surface area contributed by atoms with E-state index in [2.05, 4.69) is 9.71 Å². The molecular weight excluding hydrogens is 394 g/mol. The minimum atomic E-state index is -3.71. The highest BCUT2D eigenvalue weighted by Crippen LogP contribution is 2.26. The number of amides is 2. The average molecular weight is 422 g/mol. The summed E-state index contributed by atoms with van der Waals surface area (Å²) in [6, 6.07) is 6.62. The fraction of sp³-hybridized carbons (Fsp3) is 0.526. The van der Waals surface area contributed by atoms with E-state index in [1.807, 2.05) is 11.8 Å². The van der Waals surface area contributed by atoms with Gasteiger partial charge in [0, 0.05) is 45.3 Å². The molecule has 0 unspecified atom stereocenters. The van der Waals surface area contributed by atoms with Crippen molar-refractivity contribution in [2.45, 2.75) is 18.2 Å². The van der Waals surface area contributed by atoms with Crippen LogP contribution in [0.5, 0.6) is 0 Å². The van der Waals surface area contributed by atoms with Crippen LogP contribution in [-0.2, 0) is 19.6 Å². The maximum atomic E-state index is 12.7. The summed E-state index contributed by atoms with van der Waals surface area (Å²) in [6.07, 6.45) is 0.901. The third kappa shape index (κ3) is 4.94. The van der Waals surface area contributed by atoms with Crippen LogP contribution in [0.2, 0.25) is 0 Å². The quantitative estimate of drug-likeness (QED) is 0.679. The summed E-state index contributed by atoms with van der Waals surface area (Å²) in [7, 11) is -2.04. The Kier molecular flexibility index (Phi) is 6.53. The first kappa shape index (κ1) is 21.3. The molecule has 1 N–H and O–H groups in total. The first-order valence-corrected chi connectivity index (χ1v) is 11.2. The number of sulfonamides is 1. The van der Waals surface area contributed by atoms with Crippen LogP contribution in [0.1, 0.15) is 18.9 Å². The molecule has 0 bridgehead atoms. The second-order valence-corrected chi connectivity index (χ2v) is 8.82. The molecule has 10 heteroatoms. The van der Waals surface area contributed by atoms with Crippen molar-refractivity contribution in [3.63, 3.8) is 0 Å². The zero-order valence-corrected chi connectivity index (χ0v) is 17.6. The molecule has 2 aliphatic rings. The highest BCUT2D eigenvalue weighted by atomic mass is 32.2. The molecule has 0 spiro atoms. The highest BCUT2D eigenvalue weighted by molar-refractivity contribution is 7.90. The van der Waals surface area contributed by atoms with Crippen molar-refractivity contribution in [2.24, 2.45) is 4.40 Å². The Bertz CT molecular complexity index is 907. The van der Waals surface area contributed by atoms with E-state index in [-0.39, 0.29) is 23.3 Å². The van der Waals surface area contributed by atoms with Crippen molar-refractivity contribution in [1.82, 2.24) is 20.0 Å². The van der Waals surface area contributed by atoms with Crippen LogP contribution < -0.4 is 5.32 Å². The first-order valence-electron chi connectivity index (χ1n) is 9.74. The Labute approximate surface area is 171 Å². The van der Waals surface area contributed by atoms with Crippen molar-refractivity contribution in [1.29, 1.82) is 0 Å². The molecule has 1 aromatic carbocycles. The molecule has 2 amide bonds. The molecule has 0 aliphatic carbocycles. The van der Waals surface area contributed by atoms with Gasteiger partial charge >= 0.3 is 0 Å². The molecule has 29 heavy (non-hydrogen) atoms. The van der Waals surface area contributed by atoms with E-state index < -0.39 is 10.0 Å². The maximum Gasteiger partial charge on any atom is 0.285 e. The van der Waals surface area contributed by atoms with Crippen LogP contribution in [0.4, 0.5) is 0 Å². The van der Waals surface area contributed by atoms with Crippen LogP contribution >= 0.6 is 0 Å². The van der Waals surface area contributed by atoms with E-state index in [0.29, 0.717) is 50.7 Å².